The third-order valence-electron chi connectivity index (χ3n) is 6.07. The molecule has 190 valence electrons. The molecule has 4 heterocycles. The van der Waals surface area contributed by atoms with Gasteiger partial charge in [0, 0.05) is 13.1 Å². The first-order valence-electron chi connectivity index (χ1n) is 11.7. The maximum atomic E-state index is 13.3. The number of carbonyl (C=O) groups excluding carboxylic acids is 1. The summed E-state index contributed by atoms with van der Waals surface area (Å²) in [5.74, 6) is 0.411. The molecular formula is C24H28N6O5S. The van der Waals surface area contributed by atoms with E-state index in [1.807, 2.05) is 25.3 Å². The third-order valence-corrected chi connectivity index (χ3v) is 7.66. The number of pyridine rings is 1. The quantitative estimate of drug-likeness (QED) is 0.441. The van der Waals surface area contributed by atoms with Crippen molar-refractivity contribution in [1.29, 1.82) is 0 Å². The molecule has 0 aliphatic carbocycles. The van der Waals surface area contributed by atoms with Gasteiger partial charge in [0.1, 0.15) is 23.0 Å². The molecule has 1 fully saturated rings. The number of aliphatic hydroxyl groups is 1. The molecule has 1 unspecified atom stereocenters. The zero-order chi connectivity index (χ0) is 25.8. The predicted octanol–water partition coefficient (Wildman–Crippen LogP) is 3.25. The first-order valence-corrected chi connectivity index (χ1v) is 13.1. The lowest BCUT2D eigenvalue weighted by molar-refractivity contribution is 0.0289. The van der Waals surface area contributed by atoms with E-state index >= 15 is 0 Å². The number of benzene rings is 1. The second-order valence-electron chi connectivity index (χ2n) is 9.92. The second kappa shape index (κ2) is 8.56. The molecule has 2 atom stereocenters. The minimum absolute atomic E-state index is 0.0962. The van der Waals surface area contributed by atoms with E-state index in [4.69, 9.17) is 4.74 Å². The summed E-state index contributed by atoms with van der Waals surface area (Å²) in [6, 6.07) is 7.82. The summed E-state index contributed by atoms with van der Waals surface area (Å²) in [5.41, 5.74) is 0.664. The van der Waals surface area contributed by atoms with Crippen LogP contribution in [-0.2, 0) is 14.8 Å². The van der Waals surface area contributed by atoms with Crippen LogP contribution >= 0.6 is 0 Å². The Hall–Kier alpha value is -3.51. The van der Waals surface area contributed by atoms with Gasteiger partial charge in [-0.2, -0.15) is 13.5 Å². The average molecular weight is 513 g/mol. The number of amides is 1. The van der Waals surface area contributed by atoms with E-state index in [9.17, 15) is 18.3 Å². The number of ether oxygens (including phenoxy) is 1. The lowest BCUT2D eigenvalue weighted by Gasteiger charge is -2.25. The molecule has 0 bridgehead atoms. The molecule has 3 aromatic heterocycles. The van der Waals surface area contributed by atoms with Crippen LogP contribution in [0.1, 0.15) is 52.1 Å². The molecule has 36 heavy (non-hydrogen) atoms. The molecule has 11 nitrogen and oxygen atoms in total. The van der Waals surface area contributed by atoms with Crippen molar-refractivity contribution in [2.75, 3.05) is 13.1 Å². The zero-order valence-electron chi connectivity index (χ0n) is 20.5. The van der Waals surface area contributed by atoms with E-state index in [-0.39, 0.29) is 16.6 Å². The monoisotopic (exact) mass is 512 g/mol. The molecule has 1 aliphatic heterocycles. The summed E-state index contributed by atoms with van der Waals surface area (Å²) in [5, 5.41) is 15.2. The van der Waals surface area contributed by atoms with Crippen LogP contribution in [0, 0.1) is 0 Å². The number of fused-ring (bicyclic) bond motifs is 3. The number of aliphatic hydroxyl groups excluding tert-OH is 1. The van der Waals surface area contributed by atoms with E-state index in [0.717, 1.165) is 4.09 Å². The minimum Gasteiger partial charge on any atom is -0.444 e. The molecule has 1 aromatic carbocycles. The van der Waals surface area contributed by atoms with Crippen LogP contribution < -0.4 is 0 Å². The van der Waals surface area contributed by atoms with Crippen molar-refractivity contribution in [3.05, 3.63) is 48.5 Å². The van der Waals surface area contributed by atoms with Gasteiger partial charge in [-0.25, -0.2) is 14.8 Å². The SMILES string of the molecule is C[C@@H](O)c1nc2cnc3c(cnn3S(=O)(=O)c3ccccc3)c2n1C1CCN(C(=O)OC(C)(C)C)C1. The van der Waals surface area contributed by atoms with Gasteiger partial charge in [-0.3, -0.25) is 0 Å². The summed E-state index contributed by atoms with van der Waals surface area (Å²) in [4.78, 5) is 23.3. The molecule has 0 saturated carbocycles. The van der Waals surface area contributed by atoms with Gasteiger partial charge in [-0.15, -0.1) is 4.09 Å². The van der Waals surface area contributed by atoms with Gasteiger partial charge in [0.05, 0.1) is 34.2 Å². The van der Waals surface area contributed by atoms with Gasteiger partial charge >= 0.3 is 6.09 Å². The highest BCUT2D eigenvalue weighted by Crippen LogP contribution is 2.34. The molecule has 0 spiro atoms. The summed E-state index contributed by atoms with van der Waals surface area (Å²) in [6.45, 7) is 7.91. The molecule has 4 aromatic rings. The number of nitrogens with zero attached hydrogens (tertiary/aromatic N) is 6. The fourth-order valence-corrected chi connectivity index (χ4v) is 5.78. The van der Waals surface area contributed by atoms with Crippen molar-refractivity contribution < 1.29 is 23.1 Å². The van der Waals surface area contributed by atoms with Crippen LogP contribution in [0.5, 0.6) is 0 Å². The Bertz CT molecular complexity index is 1550. The highest BCUT2D eigenvalue weighted by Gasteiger charge is 2.34. The maximum Gasteiger partial charge on any atom is 0.410 e. The molecule has 1 amide bonds. The Morgan fingerprint density at radius 3 is 2.58 bits per heavy atom. The van der Waals surface area contributed by atoms with Gasteiger partial charge in [0.15, 0.2) is 5.65 Å². The largest absolute Gasteiger partial charge is 0.444 e. The minimum atomic E-state index is -3.98. The maximum absolute atomic E-state index is 13.3. The molecule has 1 aliphatic rings. The van der Waals surface area contributed by atoms with E-state index in [0.29, 0.717) is 41.8 Å². The Morgan fingerprint density at radius 2 is 1.92 bits per heavy atom. The molecule has 1 N–H and O–H groups in total. The van der Waals surface area contributed by atoms with E-state index in [1.165, 1.54) is 24.5 Å². The van der Waals surface area contributed by atoms with Crippen molar-refractivity contribution in [2.45, 2.75) is 56.8 Å². The fourth-order valence-electron chi connectivity index (χ4n) is 4.54. The average Bonchev–Trinajstić information content (AvgIpc) is 3.54. The predicted molar refractivity (Wildman–Crippen MR) is 132 cm³/mol. The lowest BCUT2D eigenvalue weighted by atomic mass is 10.2. The standard InChI is InChI=1S/C24H28N6O5S/c1-15(31)21-27-19-13-25-22-18(12-26-30(22)36(33,34)17-8-6-5-7-9-17)20(19)29(21)16-10-11-28(14-16)23(32)35-24(2,3)4/h5-9,12-13,15-16,31H,10-11,14H2,1-4H3/t15-,16?/m1/s1. The molecular weight excluding hydrogens is 484 g/mol. The van der Waals surface area contributed by atoms with Crippen LogP contribution in [0.15, 0.2) is 47.6 Å². The summed E-state index contributed by atoms with van der Waals surface area (Å²) >= 11 is 0. The van der Waals surface area contributed by atoms with Gasteiger partial charge in [-0.1, -0.05) is 18.2 Å². The lowest BCUT2D eigenvalue weighted by Crippen LogP contribution is -2.35. The first kappa shape index (κ1) is 24.2. The van der Waals surface area contributed by atoms with Crippen LogP contribution in [0.4, 0.5) is 4.79 Å². The molecule has 1 saturated heterocycles. The Labute approximate surface area is 208 Å². The zero-order valence-corrected chi connectivity index (χ0v) is 21.3. The summed E-state index contributed by atoms with van der Waals surface area (Å²) < 4.78 is 34.9. The second-order valence-corrected chi connectivity index (χ2v) is 11.7. The van der Waals surface area contributed by atoms with Crippen molar-refractivity contribution in [1.82, 2.24) is 28.6 Å². The first-order chi connectivity index (χ1) is 17.0. The van der Waals surface area contributed by atoms with Gasteiger partial charge in [0.25, 0.3) is 10.0 Å². The Balaban J connectivity index is 1.62. The van der Waals surface area contributed by atoms with Gasteiger partial charge in [-0.05, 0) is 46.2 Å². The summed E-state index contributed by atoms with van der Waals surface area (Å²) in [7, 11) is -3.98. The van der Waals surface area contributed by atoms with Crippen molar-refractivity contribution in [2.24, 2.45) is 0 Å². The van der Waals surface area contributed by atoms with Crippen LogP contribution in [0.3, 0.4) is 0 Å². The van der Waals surface area contributed by atoms with Crippen molar-refractivity contribution >= 4 is 38.2 Å². The number of aromatic nitrogens is 5. The van der Waals surface area contributed by atoms with Crippen LogP contribution in [-0.4, -0.2) is 66.9 Å². The number of imidazole rings is 1. The summed E-state index contributed by atoms with van der Waals surface area (Å²) in [6.07, 6.45) is 2.26. The number of hydrogen-bond donors (Lipinski definition) is 1. The number of likely N-dealkylation sites (tertiary alicyclic amines) is 1. The smallest absolute Gasteiger partial charge is 0.410 e. The van der Waals surface area contributed by atoms with E-state index in [2.05, 4.69) is 15.1 Å². The van der Waals surface area contributed by atoms with Crippen molar-refractivity contribution in [3.8, 4) is 0 Å². The highest BCUT2D eigenvalue weighted by atomic mass is 32.2. The van der Waals surface area contributed by atoms with Gasteiger partial charge < -0.3 is 19.3 Å². The third kappa shape index (κ3) is 4.09. The normalized spacial score (nSPS) is 17.7. The molecule has 5 rings (SSSR count). The molecule has 0 radical (unpaired) electrons. The molecule has 12 heteroatoms. The number of hydrogen-bond acceptors (Lipinski definition) is 8. The van der Waals surface area contributed by atoms with Gasteiger partial charge in [0.2, 0.25) is 0 Å². The fraction of sp³-hybridized carbons (Fsp3) is 0.417. The Morgan fingerprint density at radius 1 is 1.19 bits per heavy atom. The van der Waals surface area contributed by atoms with Crippen molar-refractivity contribution in [3.63, 3.8) is 0 Å². The highest BCUT2D eigenvalue weighted by molar-refractivity contribution is 7.90. The Kier molecular flexibility index (Phi) is 5.75. The van der Waals surface area contributed by atoms with Crippen LogP contribution in [0.2, 0.25) is 0 Å². The van der Waals surface area contributed by atoms with Crippen LogP contribution in [0.25, 0.3) is 22.1 Å². The topological polar surface area (TPSA) is 132 Å². The number of carbonyl (C=O) groups is 1. The van der Waals surface area contributed by atoms with E-state index in [1.54, 1.807) is 30.0 Å². The number of rotatable bonds is 4. The van der Waals surface area contributed by atoms with E-state index < -0.39 is 27.8 Å².